The molecule has 1 aliphatic heterocycles. The summed E-state index contributed by atoms with van der Waals surface area (Å²) in [4.78, 5) is 40.3. The van der Waals surface area contributed by atoms with Crippen LogP contribution in [0.5, 0.6) is 0 Å². The number of hydrogen-bond acceptors (Lipinski definition) is 5. The van der Waals surface area contributed by atoms with E-state index in [0.717, 1.165) is 12.0 Å². The molecule has 1 aromatic heterocycles. The van der Waals surface area contributed by atoms with Gasteiger partial charge in [-0.3, -0.25) is 14.4 Å². The number of amides is 1. The molecule has 1 amide bonds. The van der Waals surface area contributed by atoms with Crippen LogP contribution in [0.3, 0.4) is 0 Å². The summed E-state index contributed by atoms with van der Waals surface area (Å²) in [5, 5.41) is 7.42. The summed E-state index contributed by atoms with van der Waals surface area (Å²) in [6, 6.07) is 16.9. The lowest BCUT2D eigenvalue weighted by molar-refractivity contribution is -0.159. The fraction of sp³-hybridized carbons (Fsp3) is 0.360. The molecular formula is C25H27N3O4. The monoisotopic (exact) mass is 433 g/mol. The highest BCUT2D eigenvalue weighted by Gasteiger charge is 2.44. The van der Waals surface area contributed by atoms with Crippen LogP contribution in [0.25, 0.3) is 10.8 Å². The zero-order valence-electron chi connectivity index (χ0n) is 18.2. The summed E-state index contributed by atoms with van der Waals surface area (Å²) in [6.45, 7) is 2.89. The van der Waals surface area contributed by atoms with Gasteiger partial charge in [-0.05, 0) is 44.2 Å². The molecule has 32 heavy (non-hydrogen) atoms. The van der Waals surface area contributed by atoms with Gasteiger partial charge in [0.15, 0.2) is 5.69 Å². The second-order valence-electron chi connectivity index (χ2n) is 8.26. The SMILES string of the molecule is CCOC(=O)[C@@]1(CCc2ccccc2)CCCN(C(=O)c2n[nH]c(=O)c3ccccc23)C1. The summed E-state index contributed by atoms with van der Waals surface area (Å²) < 4.78 is 5.45. The molecule has 0 radical (unpaired) electrons. The molecular weight excluding hydrogens is 406 g/mol. The fourth-order valence-corrected chi connectivity index (χ4v) is 4.52. The average Bonchev–Trinajstić information content (AvgIpc) is 2.84. The summed E-state index contributed by atoms with van der Waals surface area (Å²) in [5.41, 5.74) is 0.243. The van der Waals surface area contributed by atoms with Gasteiger partial charge in [0, 0.05) is 18.5 Å². The number of carbonyl (C=O) groups excluding carboxylic acids is 2. The van der Waals surface area contributed by atoms with E-state index in [9.17, 15) is 14.4 Å². The Labute approximate surface area is 186 Å². The van der Waals surface area contributed by atoms with Crippen molar-refractivity contribution in [3.05, 3.63) is 76.2 Å². The van der Waals surface area contributed by atoms with E-state index in [1.807, 2.05) is 30.3 Å². The minimum Gasteiger partial charge on any atom is -0.466 e. The maximum Gasteiger partial charge on any atom is 0.313 e. The van der Waals surface area contributed by atoms with Crippen LogP contribution in [0.2, 0.25) is 0 Å². The Morgan fingerprint density at radius 2 is 1.81 bits per heavy atom. The Kier molecular flexibility index (Phi) is 6.35. The molecule has 4 rings (SSSR count). The third-order valence-corrected chi connectivity index (χ3v) is 6.21. The van der Waals surface area contributed by atoms with Crippen molar-refractivity contribution in [3.63, 3.8) is 0 Å². The van der Waals surface area contributed by atoms with Gasteiger partial charge in [-0.15, -0.1) is 0 Å². The number of nitrogens with zero attached hydrogens (tertiary/aromatic N) is 2. The largest absolute Gasteiger partial charge is 0.466 e. The first kappa shape index (κ1) is 21.7. The Hall–Kier alpha value is -3.48. The summed E-state index contributed by atoms with van der Waals surface area (Å²) in [6.07, 6.45) is 2.68. The maximum atomic E-state index is 13.5. The minimum absolute atomic E-state index is 0.197. The van der Waals surface area contributed by atoms with Gasteiger partial charge in [0.2, 0.25) is 0 Å². The van der Waals surface area contributed by atoms with Crippen LogP contribution < -0.4 is 5.56 Å². The highest BCUT2D eigenvalue weighted by atomic mass is 16.5. The number of carbonyl (C=O) groups is 2. The molecule has 0 aliphatic carbocycles. The molecule has 2 heterocycles. The fourth-order valence-electron chi connectivity index (χ4n) is 4.52. The average molecular weight is 434 g/mol. The molecule has 1 saturated heterocycles. The number of likely N-dealkylation sites (tertiary alicyclic amines) is 1. The highest BCUT2D eigenvalue weighted by Crippen LogP contribution is 2.37. The number of benzene rings is 2. The van der Waals surface area contributed by atoms with E-state index in [0.29, 0.717) is 43.2 Å². The first-order valence-electron chi connectivity index (χ1n) is 11.0. The quantitative estimate of drug-likeness (QED) is 0.602. The van der Waals surface area contributed by atoms with Gasteiger partial charge < -0.3 is 9.64 Å². The topological polar surface area (TPSA) is 92.4 Å². The van der Waals surface area contributed by atoms with Crippen molar-refractivity contribution in [1.29, 1.82) is 0 Å². The van der Waals surface area contributed by atoms with Crippen molar-refractivity contribution in [2.24, 2.45) is 5.41 Å². The van der Waals surface area contributed by atoms with Crippen LogP contribution in [-0.4, -0.2) is 46.7 Å². The number of piperidine rings is 1. The van der Waals surface area contributed by atoms with Crippen molar-refractivity contribution in [2.45, 2.75) is 32.6 Å². The lowest BCUT2D eigenvalue weighted by Gasteiger charge is -2.41. The third kappa shape index (κ3) is 4.28. The standard InChI is InChI=1S/C25H27N3O4/c1-2-32-24(31)25(15-13-18-9-4-3-5-10-18)14-8-16-28(17-25)23(30)21-19-11-6-7-12-20(19)22(29)27-26-21/h3-7,9-12H,2,8,13-17H2,1H3,(H,27,29)/t25-/m1/s1. The van der Waals surface area contributed by atoms with Gasteiger partial charge in [-0.25, -0.2) is 5.10 Å². The number of rotatable bonds is 6. The highest BCUT2D eigenvalue weighted by molar-refractivity contribution is 6.04. The van der Waals surface area contributed by atoms with Gasteiger partial charge in [0.25, 0.3) is 11.5 Å². The molecule has 7 heteroatoms. The Morgan fingerprint density at radius 1 is 1.09 bits per heavy atom. The van der Waals surface area contributed by atoms with E-state index in [1.54, 1.807) is 36.1 Å². The van der Waals surface area contributed by atoms with Crippen molar-refractivity contribution < 1.29 is 14.3 Å². The minimum atomic E-state index is -0.766. The zero-order chi connectivity index (χ0) is 22.6. The number of esters is 1. The van der Waals surface area contributed by atoms with E-state index >= 15 is 0 Å². The van der Waals surface area contributed by atoms with E-state index in [-0.39, 0.29) is 29.7 Å². The van der Waals surface area contributed by atoms with Crippen LogP contribution in [0.4, 0.5) is 0 Å². The zero-order valence-corrected chi connectivity index (χ0v) is 18.2. The van der Waals surface area contributed by atoms with E-state index in [2.05, 4.69) is 10.2 Å². The molecule has 3 aromatic rings. The molecule has 1 N–H and O–H groups in total. The Balaban J connectivity index is 1.63. The van der Waals surface area contributed by atoms with Gasteiger partial charge in [-0.2, -0.15) is 5.10 Å². The first-order valence-corrected chi connectivity index (χ1v) is 11.0. The molecule has 1 atom stereocenters. The summed E-state index contributed by atoms with van der Waals surface area (Å²) in [7, 11) is 0. The van der Waals surface area contributed by atoms with Gasteiger partial charge in [-0.1, -0.05) is 48.5 Å². The molecule has 1 fully saturated rings. The lowest BCUT2D eigenvalue weighted by Crippen LogP contribution is -2.51. The van der Waals surface area contributed by atoms with Crippen LogP contribution in [0.1, 0.15) is 42.2 Å². The van der Waals surface area contributed by atoms with Crippen molar-refractivity contribution >= 4 is 22.6 Å². The summed E-state index contributed by atoms with van der Waals surface area (Å²) in [5.74, 6) is -0.543. The number of aromatic nitrogens is 2. The van der Waals surface area contributed by atoms with Gasteiger partial charge in [0.1, 0.15) is 0 Å². The van der Waals surface area contributed by atoms with Crippen LogP contribution in [0.15, 0.2) is 59.4 Å². The van der Waals surface area contributed by atoms with Crippen molar-refractivity contribution in [2.75, 3.05) is 19.7 Å². The second kappa shape index (κ2) is 9.34. The molecule has 2 aromatic carbocycles. The van der Waals surface area contributed by atoms with Crippen molar-refractivity contribution in [3.8, 4) is 0 Å². The number of aryl methyl sites for hydroxylation is 1. The van der Waals surface area contributed by atoms with Crippen LogP contribution in [0, 0.1) is 5.41 Å². The molecule has 0 unspecified atom stereocenters. The number of hydrogen-bond donors (Lipinski definition) is 1. The summed E-state index contributed by atoms with van der Waals surface area (Å²) >= 11 is 0. The molecule has 166 valence electrons. The number of ether oxygens (including phenoxy) is 1. The van der Waals surface area contributed by atoms with Gasteiger partial charge >= 0.3 is 5.97 Å². The number of aromatic amines is 1. The molecule has 7 nitrogen and oxygen atoms in total. The molecule has 1 aliphatic rings. The number of nitrogens with one attached hydrogen (secondary N) is 1. The van der Waals surface area contributed by atoms with Crippen molar-refractivity contribution in [1.82, 2.24) is 15.1 Å². The Morgan fingerprint density at radius 3 is 2.56 bits per heavy atom. The normalized spacial score (nSPS) is 18.5. The number of H-pyrrole nitrogens is 1. The molecule has 0 saturated carbocycles. The first-order chi connectivity index (χ1) is 15.5. The predicted octanol–water partition coefficient (Wildman–Crippen LogP) is 3.34. The van der Waals surface area contributed by atoms with E-state index in [4.69, 9.17) is 4.74 Å². The third-order valence-electron chi connectivity index (χ3n) is 6.21. The number of fused-ring (bicyclic) bond motifs is 1. The molecule has 0 spiro atoms. The maximum absolute atomic E-state index is 13.5. The Bertz CT molecular complexity index is 1170. The van der Waals surface area contributed by atoms with Gasteiger partial charge in [0.05, 0.1) is 17.4 Å². The van der Waals surface area contributed by atoms with E-state index < -0.39 is 5.41 Å². The lowest BCUT2D eigenvalue weighted by atomic mass is 9.75. The van der Waals surface area contributed by atoms with Crippen LogP contribution >= 0.6 is 0 Å². The molecule has 0 bridgehead atoms. The predicted molar refractivity (Wildman–Crippen MR) is 121 cm³/mol. The van der Waals surface area contributed by atoms with Crippen LogP contribution in [-0.2, 0) is 16.0 Å². The van der Waals surface area contributed by atoms with E-state index in [1.165, 1.54) is 0 Å². The second-order valence-corrected chi connectivity index (χ2v) is 8.26. The smallest absolute Gasteiger partial charge is 0.313 e.